The van der Waals surface area contributed by atoms with Gasteiger partial charge < -0.3 is 9.47 Å². The first-order valence-corrected chi connectivity index (χ1v) is 9.39. The van der Waals surface area contributed by atoms with Crippen LogP contribution in [0.25, 0.3) is 11.0 Å². The molecule has 1 aromatic heterocycles. The van der Waals surface area contributed by atoms with Crippen molar-refractivity contribution in [2.45, 2.75) is 18.2 Å². The van der Waals surface area contributed by atoms with E-state index in [1.807, 2.05) is 48.6 Å². The Labute approximate surface area is 152 Å². The number of carbonyl (C=O) groups is 1. The zero-order valence-electron chi connectivity index (χ0n) is 14.9. The van der Waals surface area contributed by atoms with Gasteiger partial charge in [-0.05, 0) is 49.4 Å². The summed E-state index contributed by atoms with van der Waals surface area (Å²) in [7, 11) is 3.82. The molecule has 5 heteroatoms. The number of nitrogens with zero attached hydrogens (tertiary/aromatic N) is 3. The predicted molar refractivity (Wildman–Crippen MR) is 104 cm³/mol. The number of benzene rings is 2. The van der Waals surface area contributed by atoms with Gasteiger partial charge in [-0.2, -0.15) is 0 Å². The quantitative estimate of drug-likeness (QED) is 0.494. The summed E-state index contributed by atoms with van der Waals surface area (Å²) in [5.74, 6) is 1.05. The molecule has 3 aromatic rings. The topological polar surface area (TPSA) is 38.1 Å². The first-order chi connectivity index (χ1) is 12.0. The Hall–Kier alpha value is -2.27. The standard InChI is InChI=1S/C20H23N3OS/c1-15-5-8-17(9-6-15)25-12-4-11-22(2)20(24)16-7-10-19-18(13-16)21-14-23(19)3/h5-10,13-14H,4,11-12H2,1-3H3. The smallest absolute Gasteiger partial charge is 0.253 e. The highest BCUT2D eigenvalue weighted by atomic mass is 32.2. The molecule has 3 rings (SSSR count). The number of imidazole rings is 1. The van der Waals surface area contributed by atoms with E-state index in [2.05, 4.69) is 36.2 Å². The van der Waals surface area contributed by atoms with Crippen molar-refractivity contribution in [3.05, 3.63) is 59.9 Å². The maximum Gasteiger partial charge on any atom is 0.253 e. The maximum atomic E-state index is 12.6. The molecule has 0 saturated carbocycles. The summed E-state index contributed by atoms with van der Waals surface area (Å²) < 4.78 is 1.95. The van der Waals surface area contributed by atoms with Crippen LogP contribution in [0.3, 0.4) is 0 Å². The van der Waals surface area contributed by atoms with E-state index < -0.39 is 0 Å². The van der Waals surface area contributed by atoms with Gasteiger partial charge in [0, 0.05) is 31.1 Å². The van der Waals surface area contributed by atoms with Crippen molar-refractivity contribution in [1.29, 1.82) is 0 Å². The molecule has 0 spiro atoms. The fraction of sp³-hybridized carbons (Fsp3) is 0.300. The average Bonchev–Trinajstić information content (AvgIpc) is 3.00. The van der Waals surface area contributed by atoms with Gasteiger partial charge in [0.1, 0.15) is 0 Å². The molecule has 0 fully saturated rings. The molecule has 0 unspecified atom stereocenters. The lowest BCUT2D eigenvalue weighted by atomic mass is 10.1. The summed E-state index contributed by atoms with van der Waals surface area (Å²) >= 11 is 1.83. The van der Waals surface area contributed by atoms with Crippen molar-refractivity contribution < 1.29 is 4.79 Å². The van der Waals surface area contributed by atoms with E-state index in [-0.39, 0.29) is 5.91 Å². The molecule has 2 aromatic carbocycles. The fourth-order valence-corrected chi connectivity index (χ4v) is 3.55. The van der Waals surface area contributed by atoms with Gasteiger partial charge in [0.15, 0.2) is 0 Å². The van der Waals surface area contributed by atoms with Crippen molar-refractivity contribution in [2.24, 2.45) is 7.05 Å². The Morgan fingerprint density at radius 1 is 1.20 bits per heavy atom. The minimum Gasteiger partial charge on any atom is -0.342 e. The lowest BCUT2D eigenvalue weighted by molar-refractivity contribution is 0.0795. The summed E-state index contributed by atoms with van der Waals surface area (Å²) in [6, 6.07) is 14.3. The van der Waals surface area contributed by atoms with E-state index in [0.29, 0.717) is 5.56 Å². The van der Waals surface area contributed by atoms with Crippen molar-refractivity contribution in [2.75, 3.05) is 19.3 Å². The number of aryl methyl sites for hydroxylation is 2. The van der Waals surface area contributed by atoms with Gasteiger partial charge in [-0.15, -0.1) is 11.8 Å². The van der Waals surface area contributed by atoms with Crippen LogP contribution in [0.1, 0.15) is 22.3 Å². The number of hydrogen-bond donors (Lipinski definition) is 0. The van der Waals surface area contributed by atoms with E-state index >= 15 is 0 Å². The normalized spacial score (nSPS) is 11.0. The molecule has 25 heavy (non-hydrogen) atoms. The molecule has 130 valence electrons. The van der Waals surface area contributed by atoms with Crippen LogP contribution >= 0.6 is 11.8 Å². The second-order valence-corrected chi connectivity index (χ2v) is 7.47. The van der Waals surface area contributed by atoms with Gasteiger partial charge in [0.05, 0.1) is 17.4 Å². The Morgan fingerprint density at radius 3 is 2.72 bits per heavy atom. The molecule has 0 atom stereocenters. The third-order valence-electron chi connectivity index (χ3n) is 4.25. The Balaban J connectivity index is 1.52. The number of carbonyl (C=O) groups excluding carboxylic acids is 1. The van der Waals surface area contributed by atoms with Crippen molar-refractivity contribution >= 4 is 28.7 Å². The lowest BCUT2D eigenvalue weighted by Gasteiger charge is -2.17. The largest absolute Gasteiger partial charge is 0.342 e. The first-order valence-electron chi connectivity index (χ1n) is 8.40. The Morgan fingerprint density at radius 2 is 1.96 bits per heavy atom. The lowest BCUT2D eigenvalue weighted by Crippen LogP contribution is -2.28. The molecule has 0 bridgehead atoms. The molecule has 0 aliphatic carbocycles. The summed E-state index contributed by atoms with van der Waals surface area (Å²) in [4.78, 5) is 20.0. The molecule has 0 aliphatic rings. The number of rotatable bonds is 6. The molecule has 0 saturated heterocycles. The fourth-order valence-electron chi connectivity index (χ4n) is 2.72. The van der Waals surface area contributed by atoms with E-state index in [0.717, 1.165) is 29.8 Å². The SMILES string of the molecule is Cc1ccc(SCCCN(C)C(=O)c2ccc3c(c2)ncn3C)cc1. The van der Waals surface area contributed by atoms with Crippen molar-refractivity contribution in [3.63, 3.8) is 0 Å². The van der Waals surface area contributed by atoms with Crippen LogP contribution in [-0.2, 0) is 7.05 Å². The molecule has 1 heterocycles. The number of thioether (sulfide) groups is 1. The summed E-state index contributed by atoms with van der Waals surface area (Å²) in [5.41, 5.74) is 3.87. The number of aromatic nitrogens is 2. The second-order valence-electron chi connectivity index (χ2n) is 6.30. The summed E-state index contributed by atoms with van der Waals surface area (Å²) in [6.45, 7) is 2.84. The zero-order valence-corrected chi connectivity index (χ0v) is 15.7. The van der Waals surface area contributed by atoms with Gasteiger partial charge >= 0.3 is 0 Å². The number of amides is 1. The third-order valence-corrected chi connectivity index (χ3v) is 5.34. The molecule has 4 nitrogen and oxygen atoms in total. The van der Waals surface area contributed by atoms with E-state index in [1.54, 1.807) is 11.2 Å². The second kappa shape index (κ2) is 7.74. The number of hydrogen-bond acceptors (Lipinski definition) is 3. The highest BCUT2D eigenvalue weighted by molar-refractivity contribution is 7.99. The minimum absolute atomic E-state index is 0.0490. The van der Waals surface area contributed by atoms with Gasteiger partial charge in [0.2, 0.25) is 0 Å². The van der Waals surface area contributed by atoms with Crippen LogP contribution in [0.4, 0.5) is 0 Å². The minimum atomic E-state index is 0.0490. The van der Waals surface area contributed by atoms with Crippen LogP contribution < -0.4 is 0 Å². The molecule has 0 radical (unpaired) electrons. The van der Waals surface area contributed by atoms with Crippen LogP contribution in [0, 0.1) is 6.92 Å². The molecular formula is C20H23N3OS. The van der Waals surface area contributed by atoms with Crippen LogP contribution in [0.5, 0.6) is 0 Å². The van der Waals surface area contributed by atoms with Gasteiger partial charge in [-0.3, -0.25) is 4.79 Å². The third kappa shape index (κ3) is 4.23. The summed E-state index contributed by atoms with van der Waals surface area (Å²) in [5, 5.41) is 0. The van der Waals surface area contributed by atoms with Crippen LogP contribution in [0.2, 0.25) is 0 Å². The summed E-state index contributed by atoms with van der Waals surface area (Å²) in [6.07, 6.45) is 2.73. The highest BCUT2D eigenvalue weighted by Crippen LogP contribution is 2.19. The average molecular weight is 353 g/mol. The van der Waals surface area contributed by atoms with Crippen molar-refractivity contribution in [1.82, 2.24) is 14.5 Å². The Bertz CT molecular complexity index is 870. The van der Waals surface area contributed by atoms with Gasteiger partial charge in [0.25, 0.3) is 5.91 Å². The number of fused-ring (bicyclic) bond motifs is 1. The maximum absolute atomic E-state index is 12.6. The van der Waals surface area contributed by atoms with Gasteiger partial charge in [-0.25, -0.2) is 4.98 Å². The molecular weight excluding hydrogens is 330 g/mol. The Kier molecular flexibility index (Phi) is 5.43. The zero-order chi connectivity index (χ0) is 17.8. The van der Waals surface area contributed by atoms with Crippen LogP contribution in [0.15, 0.2) is 53.7 Å². The van der Waals surface area contributed by atoms with E-state index in [1.165, 1.54) is 10.5 Å². The predicted octanol–water partition coefficient (Wildman–Crippen LogP) is 4.14. The van der Waals surface area contributed by atoms with Gasteiger partial charge in [-0.1, -0.05) is 17.7 Å². The monoisotopic (exact) mass is 353 g/mol. The molecule has 1 amide bonds. The van der Waals surface area contributed by atoms with E-state index in [9.17, 15) is 4.79 Å². The molecule has 0 aliphatic heterocycles. The van der Waals surface area contributed by atoms with Crippen molar-refractivity contribution in [3.8, 4) is 0 Å². The molecule has 0 N–H and O–H groups in total. The van der Waals surface area contributed by atoms with Crippen LogP contribution in [-0.4, -0.2) is 39.7 Å². The van der Waals surface area contributed by atoms with E-state index in [4.69, 9.17) is 0 Å². The first kappa shape index (κ1) is 17.5. The highest BCUT2D eigenvalue weighted by Gasteiger charge is 2.13.